The van der Waals surface area contributed by atoms with E-state index in [1.807, 2.05) is 0 Å². The molecule has 0 bridgehead atoms. The fraction of sp³-hybridized carbons (Fsp3) is 0.529. The zero-order valence-electron chi connectivity index (χ0n) is 13.0. The van der Waals surface area contributed by atoms with E-state index in [2.05, 4.69) is 17.5 Å². The second kappa shape index (κ2) is 5.63. The van der Waals surface area contributed by atoms with E-state index in [0.717, 1.165) is 18.4 Å². The van der Waals surface area contributed by atoms with Gasteiger partial charge in [0.25, 0.3) is 0 Å². The molecule has 5 heteroatoms. The van der Waals surface area contributed by atoms with Crippen molar-refractivity contribution in [2.45, 2.75) is 32.6 Å². The number of carbonyl (C=O) groups excluding carboxylic acids is 1. The Morgan fingerprint density at radius 3 is 3.00 bits per heavy atom. The summed E-state index contributed by atoms with van der Waals surface area (Å²) in [6, 6.07) is 4.92. The SMILES string of the molecule is COc1cc(/C=N/NC(=O)[C@H]2[C@H]3CCCC[C@@]32C)ccc1O. The molecule has 0 heterocycles. The molecule has 3 rings (SSSR count). The highest BCUT2D eigenvalue weighted by Crippen LogP contribution is 2.66. The average molecular weight is 302 g/mol. The first kappa shape index (κ1) is 14.9. The summed E-state index contributed by atoms with van der Waals surface area (Å²) in [7, 11) is 1.49. The van der Waals surface area contributed by atoms with Gasteiger partial charge in [0.1, 0.15) is 0 Å². The van der Waals surface area contributed by atoms with E-state index in [0.29, 0.717) is 11.7 Å². The van der Waals surface area contributed by atoms with Crippen molar-refractivity contribution in [3.05, 3.63) is 23.8 Å². The summed E-state index contributed by atoms with van der Waals surface area (Å²) >= 11 is 0. The number of phenols is 1. The molecule has 22 heavy (non-hydrogen) atoms. The molecule has 2 N–H and O–H groups in total. The molecule has 1 amide bonds. The number of nitrogens with zero attached hydrogens (tertiary/aromatic N) is 1. The molecule has 5 nitrogen and oxygen atoms in total. The van der Waals surface area contributed by atoms with Crippen LogP contribution in [0, 0.1) is 17.3 Å². The summed E-state index contributed by atoms with van der Waals surface area (Å²) in [5.74, 6) is 1.14. The zero-order valence-corrected chi connectivity index (χ0v) is 13.0. The summed E-state index contributed by atoms with van der Waals surface area (Å²) in [6.45, 7) is 2.22. The van der Waals surface area contributed by atoms with E-state index < -0.39 is 0 Å². The van der Waals surface area contributed by atoms with Crippen LogP contribution in [0.1, 0.15) is 38.2 Å². The molecule has 118 valence electrons. The molecule has 2 aliphatic carbocycles. The van der Waals surface area contributed by atoms with Gasteiger partial charge in [-0.05, 0) is 47.9 Å². The van der Waals surface area contributed by atoms with E-state index in [9.17, 15) is 9.90 Å². The molecular weight excluding hydrogens is 280 g/mol. The molecule has 0 spiro atoms. The predicted molar refractivity (Wildman–Crippen MR) is 84.0 cm³/mol. The second-order valence-electron chi connectivity index (χ2n) is 6.50. The van der Waals surface area contributed by atoms with Crippen LogP contribution in [0.4, 0.5) is 0 Å². The van der Waals surface area contributed by atoms with Crippen molar-refractivity contribution in [2.24, 2.45) is 22.4 Å². The summed E-state index contributed by atoms with van der Waals surface area (Å²) in [4.78, 5) is 12.3. The molecule has 2 fully saturated rings. The number of hydrogen-bond acceptors (Lipinski definition) is 4. The molecule has 0 saturated heterocycles. The third-order valence-electron chi connectivity index (χ3n) is 5.21. The van der Waals surface area contributed by atoms with E-state index in [4.69, 9.17) is 4.74 Å². The summed E-state index contributed by atoms with van der Waals surface area (Å²) < 4.78 is 5.04. The van der Waals surface area contributed by atoms with Crippen LogP contribution >= 0.6 is 0 Å². The molecule has 2 saturated carbocycles. The quantitative estimate of drug-likeness (QED) is 0.663. The Morgan fingerprint density at radius 2 is 2.32 bits per heavy atom. The highest BCUT2D eigenvalue weighted by molar-refractivity contribution is 5.86. The number of aromatic hydroxyl groups is 1. The Hall–Kier alpha value is -2.04. The lowest BCUT2D eigenvalue weighted by Crippen LogP contribution is -2.22. The zero-order chi connectivity index (χ0) is 15.7. The van der Waals surface area contributed by atoms with Crippen molar-refractivity contribution >= 4 is 12.1 Å². The van der Waals surface area contributed by atoms with Crippen LogP contribution in [-0.2, 0) is 4.79 Å². The van der Waals surface area contributed by atoms with Crippen LogP contribution in [-0.4, -0.2) is 24.3 Å². The number of carbonyl (C=O) groups is 1. The van der Waals surface area contributed by atoms with E-state index in [-0.39, 0.29) is 23.0 Å². The molecule has 2 aliphatic rings. The minimum absolute atomic E-state index is 0.0244. The maximum atomic E-state index is 12.3. The number of amides is 1. The van der Waals surface area contributed by atoms with Gasteiger partial charge in [0, 0.05) is 5.92 Å². The minimum Gasteiger partial charge on any atom is -0.504 e. The largest absolute Gasteiger partial charge is 0.504 e. The van der Waals surface area contributed by atoms with E-state index in [1.54, 1.807) is 24.4 Å². The highest BCUT2D eigenvalue weighted by Gasteiger charge is 2.64. The maximum absolute atomic E-state index is 12.3. The molecule has 0 aromatic heterocycles. The Bertz CT molecular complexity index is 614. The monoisotopic (exact) mass is 302 g/mol. The molecule has 1 aromatic rings. The molecule has 1 aromatic carbocycles. The van der Waals surface area contributed by atoms with Gasteiger partial charge in [-0.3, -0.25) is 4.79 Å². The van der Waals surface area contributed by atoms with Gasteiger partial charge in [-0.1, -0.05) is 19.8 Å². The minimum atomic E-state index is 0.0244. The lowest BCUT2D eigenvalue weighted by Gasteiger charge is -2.15. The molecular formula is C17H22N2O3. The van der Waals surface area contributed by atoms with Gasteiger partial charge in [-0.25, -0.2) is 5.43 Å². The number of nitrogens with one attached hydrogen (secondary N) is 1. The number of methoxy groups -OCH3 is 1. The van der Waals surface area contributed by atoms with Crippen LogP contribution in [0.5, 0.6) is 11.5 Å². The van der Waals surface area contributed by atoms with Crippen molar-refractivity contribution in [3.63, 3.8) is 0 Å². The summed E-state index contributed by atoms with van der Waals surface area (Å²) in [6.07, 6.45) is 6.34. The molecule has 3 atom stereocenters. The van der Waals surface area contributed by atoms with Gasteiger partial charge in [0.15, 0.2) is 11.5 Å². The standard InChI is InChI=1S/C17H22N2O3/c1-17-8-4-3-5-12(17)15(17)16(21)19-18-10-11-6-7-13(20)14(9-11)22-2/h6-7,9-10,12,15,20H,3-5,8H2,1-2H3,(H,19,21)/b18-10+/t12-,15-,17+/m1/s1. The Morgan fingerprint density at radius 1 is 1.50 bits per heavy atom. The van der Waals surface area contributed by atoms with Gasteiger partial charge in [-0.2, -0.15) is 5.10 Å². The van der Waals surface area contributed by atoms with Crippen LogP contribution in [0.15, 0.2) is 23.3 Å². The topological polar surface area (TPSA) is 70.9 Å². The number of phenolic OH excluding ortho intramolecular Hbond substituents is 1. The van der Waals surface area contributed by atoms with Gasteiger partial charge in [-0.15, -0.1) is 0 Å². The molecule has 0 radical (unpaired) electrons. The summed E-state index contributed by atoms with van der Waals surface area (Å²) in [5.41, 5.74) is 3.61. The highest BCUT2D eigenvalue weighted by atomic mass is 16.5. The van der Waals surface area contributed by atoms with Gasteiger partial charge >= 0.3 is 0 Å². The lowest BCUT2D eigenvalue weighted by molar-refractivity contribution is -0.123. The van der Waals surface area contributed by atoms with Crippen LogP contribution in [0.25, 0.3) is 0 Å². The van der Waals surface area contributed by atoms with Gasteiger partial charge in [0.05, 0.1) is 13.3 Å². The van der Waals surface area contributed by atoms with Crippen molar-refractivity contribution in [3.8, 4) is 11.5 Å². The number of hydrazone groups is 1. The van der Waals surface area contributed by atoms with Crippen molar-refractivity contribution in [1.82, 2.24) is 5.43 Å². The van der Waals surface area contributed by atoms with Crippen molar-refractivity contribution in [2.75, 3.05) is 7.11 Å². The number of hydrogen-bond donors (Lipinski definition) is 2. The van der Waals surface area contributed by atoms with E-state index in [1.165, 1.54) is 20.0 Å². The van der Waals surface area contributed by atoms with Gasteiger partial charge < -0.3 is 9.84 Å². The summed E-state index contributed by atoms with van der Waals surface area (Å²) in [5, 5.41) is 13.6. The Balaban J connectivity index is 1.59. The van der Waals surface area contributed by atoms with Crippen LogP contribution in [0.2, 0.25) is 0 Å². The van der Waals surface area contributed by atoms with Crippen molar-refractivity contribution in [1.29, 1.82) is 0 Å². The number of benzene rings is 1. The van der Waals surface area contributed by atoms with Crippen LogP contribution in [0.3, 0.4) is 0 Å². The average Bonchev–Trinajstić information content (AvgIpc) is 3.14. The lowest BCUT2D eigenvalue weighted by atomic mass is 9.90. The first-order valence-electron chi connectivity index (χ1n) is 7.76. The van der Waals surface area contributed by atoms with Gasteiger partial charge in [0.2, 0.25) is 5.91 Å². The number of ether oxygens (including phenoxy) is 1. The Labute approximate surface area is 130 Å². The first-order valence-corrected chi connectivity index (χ1v) is 7.76. The normalized spacial score (nSPS) is 29.9. The second-order valence-corrected chi connectivity index (χ2v) is 6.50. The number of rotatable bonds is 4. The maximum Gasteiger partial charge on any atom is 0.244 e. The smallest absolute Gasteiger partial charge is 0.244 e. The molecule has 0 aliphatic heterocycles. The molecule has 0 unspecified atom stereocenters. The third-order valence-corrected chi connectivity index (χ3v) is 5.21. The predicted octanol–water partition coefficient (Wildman–Crippen LogP) is 2.68. The Kier molecular flexibility index (Phi) is 3.81. The third kappa shape index (κ3) is 2.56. The first-order chi connectivity index (χ1) is 10.6. The fourth-order valence-electron chi connectivity index (χ4n) is 3.86. The number of fused-ring (bicyclic) bond motifs is 1. The van der Waals surface area contributed by atoms with Crippen molar-refractivity contribution < 1.29 is 14.6 Å². The van der Waals surface area contributed by atoms with Crippen LogP contribution < -0.4 is 10.2 Å². The van der Waals surface area contributed by atoms with E-state index >= 15 is 0 Å². The fourth-order valence-corrected chi connectivity index (χ4v) is 3.86.